The molecule has 0 saturated carbocycles. The third kappa shape index (κ3) is 4.89. The Hall–Kier alpha value is -2.73. The topological polar surface area (TPSA) is 69.6 Å². The first-order valence-electron chi connectivity index (χ1n) is 7.31. The quantitative estimate of drug-likeness (QED) is 0.711. The average molecular weight is 333 g/mol. The maximum absolute atomic E-state index is 13.5. The van der Waals surface area contributed by atoms with Crippen LogP contribution >= 0.6 is 0 Å². The molecule has 2 aromatic rings. The minimum atomic E-state index is -0.762. The molecule has 1 amide bonds. The van der Waals surface area contributed by atoms with Gasteiger partial charge in [0.15, 0.2) is 0 Å². The molecule has 4 nitrogen and oxygen atoms in total. The summed E-state index contributed by atoms with van der Waals surface area (Å²) in [4.78, 5) is 11.9. The Morgan fingerprint density at radius 2 is 1.75 bits per heavy atom. The van der Waals surface area contributed by atoms with Gasteiger partial charge in [-0.1, -0.05) is 18.2 Å². The molecule has 6 heteroatoms. The average Bonchev–Trinajstić information content (AvgIpc) is 2.55. The number of benzene rings is 2. The second-order valence-electron chi connectivity index (χ2n) is 5.23. The van der Waals surface area contributed by atoms with Gasteiger partial charge in [-0.05, 0) is 42.3 Å². The number of aliphatic hydroxyl groups is 1. The molecule has 0 aliphatic carbocycles. The Balaban J connectivity index is 1.99. The van der Waals surface area contributed by atoms with E-state index in [2.05, 4.69) is 5.32 Å². The van der Waals surface area contributed by atoms with Crippen LogP contribution in [0.15, 0.2) is 48.5 Å². The molecule has 1 atom stereocenters. The number of aromatic hydroxyl groups is 1. The third-order valence-corrected chi connectivity index (χ3v) is 3.39. The van der Waals surface area contributed by atoms with Crippen LogP contribution in [-0.2, 0) is 11.2 Å². The van der Waals surface area contributed by atoms with Crippen molar-refractivity contribution in [2.24, 2.45) is 0 Å². The smallest absolute Gasteiger partial charge is 0.244 e. The molecule has 126 valence electrons. The van der Waals surface area contributed by atoms with Crippen LogP contribution in [0.5, 0.6) is 5.75 Å². The predicted octanol–water partition coefficient (Wildman–Crippen LogP) is 2.40. The summed E-state index contributed by atoms with van der Waals surface area (Å²) in [6, 6.07) is 9.24. The molecule has 0 fully saturated rings. The van der Waals surface area contributed by atoms with E-state index in [-0.39, 0.29) is 17.9 Å². The van der Waals surface area contributed by atoms with Crippen LogP contribution < -0.4 is 5.32 Å². The number of phenols is 1. The van der Waals surface area contributed by atoms with E-state index >= 15 is 0 Å². The van der Waals surface area contributed by atoms with E-state index in [0.717, 1.165) is 29.8 Å². The zero-order valence-electron chi connectivity index (χ0n) is 12.7. The maximum atomic E-state index is 13.5. The minimum Gasteiger partial charge on any atom is -0.508 e. The fourth-order valence-corrected chi connectivity index (χ4v) is 2.16. The first-order valence-corrected chi connectivity index (χ1v) is 7.31. The minimum absolute atomic E-state index is 0.123. The fraction of sp³-hybridized carbons (Fsp3) is 0.167. The molecule has 2 rings (SSSR count). The second-order valence-corrected chi connectivity index (χ2v) is 5.23. The summed E-state index contributed by atoms with van der Waals surface area (Å²) in [5, 5.41) is 21.1. The summed E-state index contributed by atoms with van der Waals surface area (Å²) >= 11 is 0. The highest BCUT2D eigenvalue weighted by atomic mass is 19.1. The van der Waals surface area contributed by atoms with Crippen molar-refractivity contribution in [2.45, 2.75) is 12.5 Å². The number of hydrogen-bond donors (Lipinski definition) is 3. The van der Waals surface area contributed by atoms with Gasteiger partial charge < -0.3 is 15.5 Å². The lowest BCUT2D eigenvalue weighted by Crippen LogP contribution is -2.38. The van der Waals surface area contributed by atoms with Gasteiger partial charge >= 0.3 is 0 Å². The molecule has 0 aliphatic heterocycles. The van der Waals surface area contributed by atoms with Gasteiger partial charge in [0.2, 0.25) is 5.91 Å². The van der Waals surface area contributed by atoms with Crippen LogP contribution in [0.2, 0.25) is 0 Å². The van der Waals surface area contributed by atoms with Gasteiger partial charge in [-0.2, -0.15) is 0 Å². The van der Waals surface area contributed by atoms with E-state index in [0.29, 0.717) is 6.42 Å². The summed E-state index contributed by atoms with van der Waals surface area (Å²) in [7, 11) is 0. The molecule has 0 saturated heterocycles. The Labute approximate surface area is 138 Å². The number of rotatable bonds is 6. The number of nitrogens with one attached hydrogen (secondary N) is 1. The molecule has 24 heavy (non-hydrogen) atoms. The summed E-state index contributed by atoms with van der Waals surface area (Å²) in [6.45, 7) is -0.297. The second kappa shape index (κ2) is 8.21. The van der Waals surface area contributed by atoms with E-state index in [1.165, 1.54) is 18.2 Å². The first-order chi connectivity index (χ1) is 11.5. The van der Waals surface area contributed by atoms with Gasteiger partial charge in [-0.25, -0.2) is 8.78 Å². The van der Waals surface area contributed by atoms with Crippen LogP contribution in [0.1, 0.15) is 11.1 Å². The summed E-state index contributed by atoms with van der Waals surface area (Å²) in [5.74, 6) is -1.97. The van der Waals surface area contributed by atoms with Crippen molar-refractivity contribution < 1.29 is 23.8 Å². The number of aliphatic hydroxyl groups excluding tert-OH is 1. The molecular formula is C18H17F2NO3. The predicted molar refractivity (Wildman–Crippen MR) is 86.2 cm³/mol. The molecule has 2 aromatic carbocycles. The normalized spacial score (nSPS) is 12.3. The zero-order valence-corrected chi connectivity index (χ0v) is 12.7. The van der Waals surface area contributed by atoms with Crippen LogP contribution in [0.25, 0.3) is 6.08 Å². The number of hydrogen-bond acceptors (Lipinski definition) is 3. The van der Waals surface area contributed by atoms with Gasteiger partial charge in [0.25, 0.3) is 0 Å². The molecule has 0 bridgehead atoms. The lowest BCUT2D eigenvalue weighted by molar-refractivity contribution is -0.117. The fourth-order valence-electron chi connectivity index (χ4n) is 2.16. The van der Waals surface area contributed by atoms with Crippen molar-refractivity contribution in [3.63, 3.8) is 0 Å². The van der Waals surface area contributed by atoms with Gasteiger partial charge in [0.1, 0.15) is 17.4 Å². The molecule has 0 aliphatic rings. The molecule has 0 radical (unpaired) electrons. The molecule has 0 spiro atoms. The summed E-state index contributed by atoms with van der Waals surface area (Å²) < 4.78 is 26.9. The summed E-state index contributed by atoms with van der Waals surface area (Å²) in [5.41, 5.74) is 0.517. The molecule has 0 unspecified atom stereocenters. The number of carbonyl (C=O) groups is 1. The first kappa shape index (κ1) is 17.6. The van der Waals surface area contributed by atoms with Crippen LogP contribution in [0.4, 0.5) is 8.78 Å². The van der Waals surface area contributed by atoms with Crippen molar-refractivity contribution in [1.82, 2.24) is 5.32 Å². The van der Waals surface area contributed by atoms with Crippen molar-refractivity contribution in [1.29, 1.82) is 0 Å². The molecule has 0 heterocycles. The van der Waals surface area contributed by atoms with E-state index in [1.807, 2.05) is 0 Å². The molecule has 3 N–H and O–H groups in total. The Morgan fingerprint density at radius 3 is 2.33 bits per heavy atom. The van der Waals surface area contributed by atoms with E-state index in [4.69, 9.17) is 0 Å². The van der Waals surface area contributed by atoms with Crippen LogP contribution in [0.3, 0.4) is 0 Å². The summed E-state index contributed by atoms with van der Waals surface area (Å²) in [6.07, 6.45) is 2.42. The monoisotopic (exact) mass is 333 g/mol. The molecular weight excluding hydrogens is 316 g/mol. The standard InChI is InChI=1S/C18H17F2NO3/c19-16-2-1-3-17(20)15(16)8-9-18(24)21-13(11-22)10-12-4-6-14(23)7-5-12/h1-9,13,22-23H,10-11H2,(H,21,24)/b9-8+/t13-/m0/s1. The molecule has 0 aromatic heterocycles. The number of carbonyl (C=O) groups excluding carboxylic acids is 1. The Bertz CT molecular complexity index is 709. The van der Waals surface area contributed by atoms with E-state index in [1.54, 1.807) is 12.1 Å². The van der Waals surface area contributed by atoms with Crippen LogP contribution in [-0.4, -0.2) is 28.8 Å². The van der Waals surface area contributed by atoms with Crippen molar-refractivity contribution >= 4 is 12.0 Å². The Morgan fingerprint density at radius 1 is 1.12 bits per heavy atom. The SMILES string of the molecule is O=C(/C=C/c1c(F)cccc1F)N[C@H](CO)Cc1ccc(O)cc1. The maximum Gasteiger partial charge on any atom is 0.244 e. The highest BCUT2D eigenvalue weighted by Gasteiger charge is 2.11. The third-order valence-electron chi connectivity index (χ3n) is 3.39. The zero-order chi connectivity index (χ0) is 17.5. The van der Waals surface area contributed by atoms with Gasteiger partial charge in [-0.15, -0.1) is 0 Å². The lowest BCUT2D eigenvalue weighted by Gasteiger charge is -2.15. The largest absolute Gasteiger partial charge is 0.508 e. The van der Waals surface area contributed by atoms with Crippen molar-refractivity contribution in [3.8, 4) is 5.75 Å². The highest BCUT2D eigenvalue weighted by molar-refractivity contribution is 5.92. The Kier molecular flexibility index (Phi) is 6.03. The van der Waals surface area contributed by atoms with Gasteiger partial charge in [-0.3, -0.25) is 4.79 Å². The van der Waals surface area contributed by atoms with E-state index < -0.39 is 23.6 Å². The van der Waals surface area contributed by atoms with Gasteiger partial charge in [0.05, 0.1) is 12.6 Å². The number of halogens is 2. The van der Waals surface area contributed by atoms with Crippen molar-refractivity contribution in [3.05, 3.63) is 71.3 Å². The number of phenolic OH excluding ortho intramolecular Hbond substituents is 1. The van der Waals surface area contributed by atoms with Crippen molar-refractivity contribution in [2.75, 3.05) is 6.61 Å². The van der Waals surface area contributed by atoms with Gasteiger partial charge in [0, 0.05) is 11.6 Å². The van der Waals surface area contributed by atoms with E-state index in [9.17, 15) is 23.8 Å². The highest BCUT2D eigenvalue weighted by Crippen LogP contribution is 2.14. The lowest BCUT2D eigenvalue weighted by atomic mass is 10.1. The van der Waals surface area contributed by atoms with Crippen LogP contribution in [0, 0.1) is 11.6 Å². The number of amides is 1.